The number of hydrogen-bond donors (Lipinski definition) is 4. The van der Waals surface area contributed by atoms with E-state index in [4.69, 9.17) is 10.5 Å². The molecule has 1 atom stereocenters. The Balaban J connectivity index is 0.774. The van der Waals surface area contributed by atoms with Crippen molar-refractivity contribution < 1.29 is 41.9 Å². The molecule has 4 aliphatic rings. The van der Waals surface area contributed by atoms with Crippen LogP contribution in [0.3, 0.4) is 0 Å². The number of rotatable bonds is 17. The number of benzene rings is 1. The van der Waals surface area contributed by atoms with Crippen molar-refractivity contribution in [3.05, 3.63) is 41.5 Å². The number of morpholine rings is 1. The molecule has 3 aromatic rings. The molecule has 0 aliphatic carbocycles. The van der Waals surface area contributed by atoms with Crippen LogP contribution in [0.25, 0.3) is 11.4 Å². The van der Waals surface area contributed by atoms with Gasteiger partial charge in [0, 0.05) is 103 Å². The molecule has 1 aromatic carbocycles. The first-order chi connectivity index (χ1) is 31.4. The number of anilines is 4. The van der Waals surface area contributed by atoms with E-state index in [0.29, 0.717) is 83.8 Å². The number of piperidine rings is 1. The van der Waals surface area contributed by atoms with Crippen LogP contribution in [-0.2, 0) is 23.9 Å². The average molecular weight is 909 g/mol. The topological polar surface area (TPSA) is 237 Å². The number of unbranched alkanes of at least 4 members (excludes halogenated alkanes) is 3. The molecule has 23 heteroatoms. The van der Waals surface area contributed by atoms with Gasteiger partial charge in [-0.25, -0.2) is 23.1 Å². The molecule has 5 amide bonds. The maximum absolute atomic E-state index is 14.7. The number of halogens is 3. The predicted molar refractivity (Wildman–Crippen MR) is 231 cm³/mol. The third-order valence-corrected chi connectivity index (χ3v) is 11.9. The molecule has 7 rings (SSSR count). The number of nitrogens with two attached hydrogens (primary N) is 1. The molecule has 5 N–H and O–H groups in total. The zero-order valence-electron chi connectivity index (χ0n) is 36.2. The summed E-state index contributed by atoms with van der Waals surface area (Å²) >= 11 is 0. The van der Waals surface area contributed by atoms with E-state index < -0.39 is 41.7 Å². The van der Waals surface area contributed by atoms with Gasteiger partial charge in [-0.2, -0.15) is 15.0 Å². The number of piperazine rings is 2. The van der Waals surface area contributed by atoms with E-state index in [9.17, 15) is 37.1 Å². The number of aromatic nitrogens is 5. The first kappa shape index (κ1) is 46.8. The number of nitrogens with zero attached hydrogens (tertiary/aromatic N) is 10. The second-order valence-electron chi connectivity index (χ2n) is 16.3. The number of hydrogen-bond acceptors (Lipinski definition) is 16. The number of carbonyl (C=O) groups is 5. The lowest BCUT2D eigenvalue weighted by Crippen LogP contribution is -2.52. The van der Waals surface area contributed by atoms with E-state index in [-0.39, 0.29) is 66.3 Å². The molecule has 0 unspecified atom stereocenters. The average Bonchev–Trinajstić information content (AvgIpc) is 3.31. The van der Waals surface area contributed by atoms with Crippen LogP contribution in [0.2, 0.25) is 0 Å². The largest absolute Gasteiger partial charge is 0.385 e. The molecule has 0 radical (unpaired) electrons. The van der Waals surface area contributed by atoms with Gasteiger partial charge in [0.1, 0.15) is 17.6 Å². The molecule has 6 heterocycles. The Bertz CT molecular complexity index is 2180. The van der Waals surface area contributed by atoms with Gasteiger partial charge in [-0.05, 0) is 44.0 Å². The molecule has 0 bridgehead atoms. The van der Waals surface area contributed by atoms with Gasteiger partial charge in [-0.3, -0.25) is 34.2 Å². The number of amides is 5. The molecular weight excluding hydrogens is 854 g/mol. The summed E-state index contributed by atoms with van der Waals surface area (Å²) in [5.74, 6) is -2.28. The fourth-order valence-corrected chi connectivity index (χ4v) is 8.10. The zero-order chi connectivity index (χ0) is 45.9. The first-order valence-corrected chi connectivity index (χ1v) is 22.1. The molecule has 20 nitrogen and oxygen atoms in total. The summed E-state index contributed by atoms with van der Waals surface area (Å²) in [5, 5.41) is 7.83. The fourth-order valence-electron chi connectivity index (χ4n) is 8.10. The Morgan fingerprint density at radius 1 is 0.831 bits per heavy atom. The van der Waals surface area contributed by atoms with Gasteiger partial charge in [-0.15, -0.1) is 0 Å². The van der Waals surface area contributed by atoms with Gasteiger partial charge >= 0.3 is 0 Å². The van der Waals surface area contributed by atoms with E-state index >= 15 is 0 Å². The van der Waals surface area contributed by atoms with E-state index in [1.807, 2.05) is 14.7 Å². The zero-order valence-corrected chi connectivity index (χ0v) is 36.2. The lowest BCUT2D eigenvalue weighted by molar-refractivity contribution is -0.138. The molecule has 2 aromatic heterocycles. The summed E-state index contributed by atoms with van der Waals surface area (Å²) in [5.41, 5.74) is 5.35. The van der Waals surface area contributed by atoms with Crippen LogP contribution in [0.1, 0.15) is 73.8 Å². The van der Waals surface area contributed by atoms with Crippen molar-refractivity contribution in [3.8, 4) is 11.4 Å². The van der Waals surface area contributed by atoms with Gasteiger partial charge < -0.3 is 40.7 Å². The highest BCUT2D eigenvalue weighted by Gasteiger charge is 2.30. The maximum atomic E-state index is 14.7. The van der Waals surface area contributed by atoms with Crippen LogP contribution < -0.4 is 31.5 Å². The second kappa shape index (κ2) is 22.1. The molecule has 0 spiro atoms. The van der Waals surface area contributed by atoms with Gasteiger partial charge in [0.05, 0.1) is 24.3 Å². The Kier molecular flexibility index (Phi) is 15.9. The highest BCUT2D eigenvalue weighted by atomic mass is 19.3. The molecule has 350 valence electrons. The van der Waals surface area contributed by atoms with Crippen LogP contribution in [-0.4, -0.2) is 167 Å². The molecule has 65 heavy (non-hydrogen) atoms. The summed E-state index contributed by atoms with van der Waals surface area (Å²) in [4.78, 5) is 93.2. The van der Waals surface area contributed by atoms with Crippen LogP contribution in [0.5, 0.6) is 0 Å². The van der Waals surface area contributed by atoms with E-state index in [1.54, 1.807) is 11.0 Å². The first-order valence-electron chi connectivity index (χ1n) is 22.1. The highest BCUT2D eigenvalue weighted by molar-refractivity contribution is 6.04. The van der Waals surface area contributed by atoms with E-state index in [0.717, 1.165) is 45.3 Å². The van der Waals surface area contributed by atoms with Crippen LogP contribution in [0.15, 0.2) is 24.4 Å². The third-order valence-electron chi connectivity index (χ3n) is 11.9. The number of ether oxygens (including phenoxy) is 1. The Morgan fingerprint density at radius 2 is 1.48 bits per heavy atom. The van der Waals surface area contributed by atoms with Gasteiger partial charge in [0.2, 0.25) is 41.5 Å². The Morgan fingerprint density at radius 3 is 2.12 bits per heavy atom. The van der Waals surface area contributed by atoms with Crippen LogP contribution in [0.4, 0.5) is 36.7 Å². The van der Waals surface area contributed by atoms with Gasteiger partial charge in [-0.1, -0.05) is 12.8 Å². The summed E-state index contributed by atoms with van der Waals surface area (Å²) in [6.45, 7) is 7.74. The van der Waals surface area contributed by atoms with Crippen molar-refractivity contribution in [1.29, 1.82) is 0 Å². The van der Waals surface area contributed by atoms with Crippen molar-refractivity contribution >= 4 is 53.1 Å². The van der Waals surface area contributed by atoms with Crippen molar-refractivity contribution in [3.63, 3.8) is 0 Å². The fraction of sp³-hybridized carbons (Fsp3) is 0.571. The summed E-state index contributed by atoms with van der Waals surface area (Å²) in [6.07, 6.45) is 2.61. The normalized spacial score (nSPS) is 18.5. The van der Waals surface area contributed by atoms with E-state index in [2.05, 4.69) is 45.8 Å². The lowest BCUT2D eigenvalue weighted by Gasteiger charge is -2.36. The van der Waals surface area contributed by atoms with Crippen LogP contribution >= 0.6 is 0 Å². The minimum atomic E-state index is -2.94. The summed E-state index contributed by atoms with van der Waals surface area (Å²) < 4.78 is 48.2. The summed E-state index contributed by atoms with van der Waals surface area (Å²) in [7, 11) is 0. The minimum absolute atomic E-state index is 0.00587. The van der Waals surface area contributed by atoms with Gasteiger partial charge in [0.25, 0.3) is 12.3 Å². The highest BCUT2D eigenvalue weighted by Crippen LogP contribution is 2.30. The number of imide groups is 1. The van der Waals surface area contributed by atoms with Crippen molar-refractivity contribution in [2.24, 2.45) is 0 Å². The smallest absolute Gasteiger partial charge is 0.281 e. The number of nitrogen functional groups attached to an aromatic ring is 1. The summed E-state index contributed by atoms with van der Waals surface area (Å²) in [6, 6.07) is 3.35. The van der Waals surface area contributed by atoms with Crippen molar-refractivity contribution in [2.75, 3.05) is 113 Å². The molecular formula is C42H55F3N14O6. The van der Waals surface area contributed by atoms with E-state index in [1.165, 1.54) is 18.3 Å². The van der Waals surface area contributed by atoms with Crippen molar-refractivity contribution in [2.45, 2.75) is 63.8 Å². The van der Waals surface area contributed by atoms with Crippen LogP contribution in [0, 0.1) is 5.82 Å². The second-order valence-corrected chi connectivity index (χ2v) is 16.3. The Hall–Kier alpha value is -6.23. The monoisotopic (exact) mass is 908 g/mol. The third kappa shape index (κ3) is 12.5. The molecule has 4 fully saturated rings. The van der Waals surface area contributed by atoms with Crippen molar-refractivity contribution in [1.82, 2.24) is 50.3 Å². The molecule has 4 aliphatic heterocycles. The Labute approximate surface area is 373 Å². The minimum Gasteiger partial charge on any atom is -0.385 e. The quantitative estimate of drug-likeness (QED) is 0.111. The molecule has 0 saturated carbocycles. The SMILES string of the molecule is Nc1ncc(-c2nc(N3CCOCC3)nc(N3CCN(C(=O)CCC(=O)N4CCN(CCCCCCNc5ccc(C(=O)N[C@@H]6CCC(=O)NC6=O)c(F)c5)CC4)CC3)n2)c(C(F)F)n1. The number of alkyl halides is 2. The van der Waals surface area contributed by atoms with Gasteiger partial charge in [0.15, 0.2) is 5.82 Å². The lowest BCUT2D eigenvalue weighted by atomic mass is 10.1. The standard InChI is InChI=1S/C42H55F3N14O6/c43-30-25-27(5-6-28(30)38(63)49-31-7-8-32(60)50-39(31)64)47-11-3-1-2-4-12-55-13-15-56(16-14-55)33(61)9-10-34(62)57-17-19-58(20-18-57)41-52-37(29-26-48-40(46)51-35(29)36(44)45)53-42(54-41)59-21-23-65-24-22-59/h5-6,25-26,31,36,47H,1-4,7-24H2,(H,49,63)(H2,46,48,51)(H,50,60,64)/t31-/m1/s1. The number of nitrogens with one attached hydrogen (secondary N) is 3. The molecule has 4 saturated heterocycles. The number of carbonyl (C=O) groups excluding carboxylic acids is 5. The predicted octanol–water partition coefficient (Wildman–Crippen LogP) is 1.60. The maximum Gasteiger partial charge on any atom is 0.281 e.